The van der Waals surface area contributed by atoms with Gasteiger partial charge in [0.15, 0.2) is 0 Å². The molecule has 1 saturated heterocycles. The average Bonchev–Trinajstić information content (AvgIpc) is 3.39. The number of carbonyl (C=O) groups excluding carboxylic acids is 2. The number of rotatable bonds is 5. The molecule has 0 radical (unpaired) electrons. The number of imide groups is 1. The molecule has 0 aliphatic carbocycles. The minimum absolute atomic E-state index is 0.236. The molecule has 0 bridgehead atoms. The van der Waals surface area contributed by atoms with Crippen molar-refractivity contribution < 1.29 is 14.3 Å². The number of H-pyrrole nitrogens is 1. The van der Waals surface area contributed by atoms with Crippen LogP contribution in [0.25, 0.3) is 0 Å². The highest BCUT2D eigenvalue weighted by molar-refractivity contribution is 9.10. The molecule has 11 heteroatoms. The van der Waals surface area contributed by atoms with Crippen molar-refractivity contribution in [3.8, 4) is 5.75 Å². The van der Waals surface area contributed by atoms with Gasteiger partial charge >= 0.3 is 4.87 Å². The Morgan fingerprint density at radius 3 is 2.32 bits per heavy atom. The topological polar surface area (TPSA) is 79.5 Å². The Morgan fingerprint density at radius 2 is 1.61 bits per heavy atom. The third-order valence-corrected chi connectivity index (χ3v) is 9.92. The number of carbonyl (C=O) groups is 2. The normalized spacial score (nSPS) is 20.4. The molecule has 4 aromatic rings. The fourth-order valence-corrected chi connectivity index (χ4v) is 7.97. The fraction of sp³-hybridized carbons (Fsp3) is 0.148. The predicted molar refractivity (Wildman–Crippen MR) is 154 cm³/mol. The molecule has 3 heterocycles. The Kier molecular flexibility index (Phi) is 6.90. The van der Waals surface area contributed by atoms with Crippen molar-refractivity contribution in [3.05, 3.63) is 107 Å². The number of aromatic amines is 1. The number of benzene rings is 3. The summed E-state index contributed by atoms with van der Waals surface area (Å²) in [5.41, 5.74) is 2.11. The van der Waals surface area contributed by atoms with Gasteiger partial charge in [0.2, 0.25) is 11.8 Å². The summed E-state index contributed by atoms with van der Waals surface area (Å²) < 4.78 is 7.04. The minimum Gasteiger partial charge on any atom is -0.489 e. The lowest BCUT2D eigenvalue weighted by atomic mass is 9.82. The molecular formula is C27H17BrCl2N2O4S2. The fourth-order valence-electron chi connectivity index (χ4n) is 4.83. The Hall–Kier alpha value is -2.56. The number of nitrogens with one attached hydrogen (secondary N) is 1. The molecule has 192 valence electrons. The van der Waals surface area contributed by atoms with Crippen LogP contribution in [-0.2, 0) is 16.2 Å². The van der Waals surface area contributed by atoms with Crippen molar-refractivity contribution in [2.45, 2.75) is 22.8 Å². The molecule has 2 amide bonds. The third kappa shape index (κ3) is 4.60. The number of nitrogens with zero attached hydrogens (tertiary/aromatic N) is 1. The molecule has 3 aromatic carbocycles. The molecule has 0 saturated carbocycles. The van der Waals surface area contributed by atoms with Gasteiger partial charge in [0.1, 0.15) is 17.6 Å². The van der Waals surface area contributed by atoms with Crippen molar-refractivity contribution in [3.63, 3.8) is 0 Å². The summed E-state index contributed by atoms with van der Waals surface area (Å²) >= 11 is 17.9. The summed E-state index contributed by atoms with van der Waals surface area (Å²) in [6.07, 6.45) is 0. The van der Waals surface area contributed by atoms with Gasteiger partial charge in [-0.25, -0.2) is 4.90 Å². The Labute approximate surface area is 244 Å². The van der Waals surface area contributed by atoms with Crippen LogP contribution < -0.4 is 14.5 Å². The SMILES string of the molecule is O=C1C2Sc3[nH]c(=O)sc3[C@H](c3cc(Br)ccc3OCc3ccc(Cl)cc3)C2C(=O)N1c1ccc(Cl)cc1. The van der Waals surface area contributed by atoms with Crippen LogP contribution in [0.2, 0.25) is 10.0 Å². The predicted octanol–water partition coefficient (Wildman–Crippen LogP) is 6.88. The second kappa shape index (κ2) is 10.2. The molecule has 2 aliphatic rings. The van der Waals surface area contributed by atoms with E-state index < -0.39 is 17.1 Å². The van der Waals surface area contributed by atoms with Gasteiger partial charge in [-0.1, -0.05) is 74.4 Å². The van der Waals surface area contributed by atoms with E-state index in [2.05, 4.69) is 20.9 Å². The zero-order valence-corrected chi connectivity index (χ0v) is 24.1. The first-order valence-corrected chi connectivity index (χ1v) is 14.7. The maximum absolute atomic E-state index is 14.0. The number of thiazole rings is 1. The Morgan fingerprint density at radius 1 is 0.921 bits per heavy atom. The second-order valence-electron chi connectivity index (χ2n) is 8.84. The van der Waals surface area contributed by atoms with E-state index in [1.54, 1.807) is 36.4 Å². The molecule has 38 heavy (non-hydrogen) atoms. The first-order chi connectivity index (χ1) is 18.3. The molecular weight excluding hydrogens is 631 g/mol. The van der Waals surface area contributed by atoms with E-state index in [4.69, 9.17) is 27.9 Å². The summed E-state index contributed by atoms with van der Waals surface area (Å²) in [7, 11) is 0. The highest BCUT2D eigenvalue weighted by atomic mass is 79.9. The molecule has 0 spiro atoms. The number of thioether (sulfide) groups is 1. The summed E-state index contributed by atoms with van der Waals surface area (Å²) in [6, 6.07) is 19.6. The molecule has 2 aliphatic heterocycles. The van der Waals surface area contributed by atoms with E-state index in [9.17, 15) is 14.4 Å². The lowest BCUT2D eigenvalue weighted by Crippen LogP contribution is -2.32. The molecule has 1 aromatic heterocycles. The number of anilines is 1. The minimum atomic E-state index is -0.727. The number of ether oxygens (including phenoxy) is 1. The molecule has 2 unspecified atom stereocenters. The quantitative estimate of drug-likeness (QED) is 0.239. The number of aromatic nitrogens is 1. The van der Waals surface area contributed by atoms with Gasteiger partial charge in [0.05, 0.1) is 16.6 Å². The highest BCUT2D eigenvalue weighted by Gasteiger charge is 2.56. The molecule has 1 N–H and O–H groups in total. The highest BCUT2D eigenvalue weighted by Crippen LogP contribution is 2.54. The van der Waals surface area contributed by atoms with Crippen molar-refractivity contribution in [2.75, 3.05) is 4.90 Å². The van der Waals surface area contributed by atoms with Crippen LogP contribution in [0.15, 0.2) is 81.0 Å². The summed E-state index contributed by atoms with van der Waals surface area (Å²) in [4.78, 5) is 44.6. The first-order valence-electron chi connectivity index (χ1n) is 11.5. The van der Waals surface area contributed by atoms with Crippen molar-refractivity contribution in [2.24, 2.45) is 5.92 Å². The zero-order chi connectivity index (χ0) is 26.6. The van der Waals surface area contributed by atoms with Gasteiger partial charge < -0.3 is 9.72 Å². The summed E-state index contributed by atoms with van der Waals surface area (Å²) in [6.45, 7) is 0.279. The first kappa shape index (κ1) is 25.7. The molecule has 6 rings (SSSR count). The van der Waals surface area contributed by atoms with E-state index in [0.717, 1.165) is 31.8 Å². The number of hydrogen-bond acceptors (Lipinski definition) is 6. The lowest BCUT2D eigenvalue weighted by molar-refractivity contribution is -0.122. The summed E-state index contributed by atoms with van der Waals surface area (Å²) in [5.74, 6) is -1.37. The summed E-state index contributed by atoms with van der Waals surface area (Å²) in [5, 5.41) is 1.04. The standard InChI is InChI=1S/C27H17BrCl2N2O4S2/c28-14-3-10-19(36-12-13-1-4-15(29)5-2-13)18(11-14)20-21-23(37-24-22(20)38-27(35)31-24)26(34)32(25(21)33)17-8-6-16(30)7-9-17/h1-11,20-21,23H,12H2,(H,31,35)/t20-,21?,23?/m1/s1. The Bertz CT molecular complexity index is 1620. The van der Waals surface area contributed by atoms with E-state index in [0.29, 0.717) is 26.5 Å². The van der Waals surface area contributed by atoms with Crippen LogP contribution in [0.5, 0.6) is 5.75 Å². The van der Waals surface area contributed by atoms with E-state index in [1.807, 2.05) is 30.3 Å². The second-order valence-corrected chi connectivity index (χ2v) is 12.8. The largest absolute Gasteiger partial charge is 0.489 e. The zero-order valence-electron chi connectivity index (χ0n) is 19.3. The van der Waals surface area contributed by atoms with Gasteiger partial charge in [-0.2, -0.15) is 0 Å². The van der Waals surface area contributed by atoms with Gasteiger partial charge in [0.25, 0.3) is 0 Å². The average molecular weight is 648 g/mol. The smallest absolute Gasteiger partial charge is 0.305 e. The van der Waals surface area contributed by atoms with Crippen LogP contribution in [0, 0.1) is 5.92 Å². The van der Waals surface area contributed by atoms with Crippen LogP contribution in [0.4, 0.5) is 5.69 Å². The monoisotopic (exact) mass is 646 g/mol. The maximum atomic E-state index is 14.0. The van der Waals surface area contributed by atoms with Crippen molar-refractivity contribution in [1.29, 1.82) is 0 Å². The van der Waals surface area contributed by atoms with Crippen LogP contribution in [0.1, 0.15) is 21.9 Å². The van der Waals surface area contributed by atoms with E-state index in [1.165, 1.54) is 16.7 Å². The van der Waals surface area contributed by atoms with E-state index in [-0.39, 0.29) is 23.3 Å². The molecule has 3 atom stereocenters. The maximum Gasteiger partial charge on any atom is 0.305 e. The van der Waals surface area contributed by atoms with Gasteiger partial charge in [-0.05, 0) is 60.2 Å². The number of hydrogen-bond donors (Lipinski definition) is 1. The number of fused-ring (bicyclic) bond motifs is 2. The number of amides is 2. The lowest BCUT2D eigenvalue weighted by Gasteiger charge is -2.31. The van der Waals surface area contributed by atoms with Crippen LogP contribution >= 0.6 is 62.2 Å². The van der Waals surface area contributed by atoms with Gasteiger partial charge in [-0.3, -0.25) is 14.4 Å². The number of halogens is 3. The molecule has 1 fully saturated rings. The van der Waals surface area contributed by atoms with Crippen LogP contribution in [0.3, 0.4) is 0 Å². The van der Waals surface area contributed by atoms with Crippen molar-refractivity contribution >= 4 is 79.7 Å². The third-order valence-electron chi connectivity index (χ3n) is 6.52. The van der Waals surface area contributed by atoms with E-state index >= 15 is 0 Å². The molecule has 6 nitrogen and oxygen atoms in total. The van der Waals surface area contributed by atoms with Crippen molar-refractivity contribution in [1.82, 2.24) is 4.98 Å². The van der Waals surface area contributed by atoms with Gasteiger partial charge in [-0.15, -0.1) is 0 Å². The van der Waals surface area contributed by atoms with Gasteiger partial charge in [0, 0.05) is 30.9 Å². The van der Waals surface area contributed by atoms with Crippen LogP contribution in [-0.4, -0.2) is 22.0 Å². The Balaban J connectivity index is 1.44.